The Kier molecular flexibility index (Phi) is 7.53. The number of nitrogens with one attached hydrogen (secondary N) is 2. The fraction of sp³-hybridized carbons (Fsp3) is 0.393. The van der Waals surface area contributed by atoms with Gasteiger partial charge in [-0.1, -0.05) is 17.3 Å². The minimum atomic E-state index is -1.02. The van der Waals surface area contributed by atoms with Gasteiger partial charge in [-0.2, -0.15) is 5.10 Å². The minimum Gasteiger partial charge on any atom is -0.392 e. The fourth-order valence-corrected chi connectivity index (χ4v) is 4.89. The summed E-state index contributed by atoms with van der Waals surface area (Å²) in [7, 11) is 0. The molecule has 5 rings (SSSR count). The number of benzene rings is 2. The Balaban J connectivity index is 1.28. The molecule has 10 heteroatoms. The number of carbonyl (C=O) groups is 1. The van der Waals surface area contributed by atoms with Crippen LogP contribution in [-0.4, -0.2) is 51.3 Å². The van der Waals surface area contributed by atoms with Gasteiger partial charge in [0.2, 0.25) is 5.91 Å². The summed E-state index contributed by atoms with van der Waals surface area (Å²) in [5.74, 6) is -1.76. The van der Waals surface area contributed by atoms with Gasteiger partial charge in [-0.3, -0.25) is 4.79 Å². The van der Waals surface area contributed by atoms with E-state index in [-0.39, 0.29) is 36.9 Å². The summed E-state index contributed by atoms with van der Waals surface area (Å²) in [5.41, 5.74) is 2.68. The van der Waals surface area contributed by atoms with Crippen LogP contribution in [0.5, 0.6) is 0 Å². The standard InChI is InChI=1S/C28H31F2N5O3/c1-18-10-23(34-38-18)16-27(37)33-25(13-19-11-21(29)15-22(30)12-19)26(36)17-31-28(6-7-28)20-4-2-5-24(14-20)35-9-3-8-32-35/h2-5,8-9,11-12,14-15,18,25-26,31,36H,6-7,10,13,16-17H2,1H3,(H,33,37). The molecule has 0 bridgehead atoms. The van der Waals surface area contributed by atoms with Gasteiger partial charge in [0.25, 0.3) is 0 Å². The van der Waals surface area contributed by atoms with Crippen molar-refractivity contribution in [2.75, 3.05) is 6.54 Å². The number of hydrogen-bond acceptors (Lipinski definition) is 6. The molecule has 38 heavy (non-hydrogen) atoms. The monoisotopic (exact) mass is 523 g/mol. The van der Waals surface area contributed by atoms with Gasteiger partial charge >= 0.3 is 0 Å². The van der Waals surface area contributed by atoms with Crippen LogP contribution < -0.4 is 10.6 Å². The molecular formula is C28H31F2N5O3. The number of aromatic nitrogens is 2. The first-order valence-corrected chi connectivity index (χ1v) is 12.8. The molecule has 3 atom stereocenters. The van der Waals surface area contributed by atoms with Crippen LogP contribution in [0.25, 0.3) is 5.69 Å². The summed E-state index contributed by atoms with van der Waals surface area (Å²) < 4.78 is 29.5. The molecule has 1 aliphatic heterocycles. The topological polar surface area (TPSA) is 101 Å². The van der Waals surface area contributed by atoms with E-state index in [1.807, 2.05) is 37.4 Å². The SMILES string of the molecule is CC1CC(CC(=O)NC(Cc2cc(F)cc(F)c2)C(O)CNC2(c3cccc(-n4cccn4)c3)CC2)=NO1. The van der Waals surface area contributed by atoms with E-state index in [1.165, 1.54) is 12.1 Å². The highest BCUT2D eigenvalue weighted by Crippen LogP contribution is 2.45. The lowest BCUT2D eigenvalue weighted by Crippen LogP contribution is -2.50. The number of halogens is 2. The minimum absolute atomic E-state index is 0.0304. The molecule has 0 radical (unpaired) electrons. The highest BCUT2D eigenvalue weighted by molar-refractivity contribution is 6.01. The Morgan fingerprint density at radius 2 is 2.00 bits per heavy atom. The summed E-state index contributed by atoms with van der Waals surface area (Å²) in [6, 6.07) is 12.4. The van der Waals surface area contributed by atoms with Gasteiger partial charge in [0.15, 0.2) is 0 Å². The van der Waals surface area contributed by atoms with E-state index >= 15 is 0 Å². The van der Waals surface area contributed by atoms with E-state index in [2.05, 4.69) is 27.0 Å². The molecule has 3 unspecified atom stereocenters. The lowest BCUT2D eigenvalue weighted by molar-refractivity contribution is -0.121. The van der Waals surface area contributed by atoms with Crippen LogP contribution in [0, 0.1) is 11.6 Å². The second-order valence-electron chi connectivity index (χ2n) is 10.1. The summed E-state index contributed by atoms with van der Waals surface area (Å²) in [6.45, 7) is 2.04. The lowest BCUT2D eigenvalue weighted by atomic mass is 9.98. The van der Waals surface area contributed by atoms with Gasteiger partial charge < -0.3 is 20.6 Å². The first-order chi connectivity index (χ1) is 18.3. The van der Waals surface area contributed by atoms with Gasteiger partial charge in [-0.05, 0) is 67.6 Å². The maximum Gasteiger partial charge on any atom is 0.226 e. The van der Waals surface area contributed by atoms with Crippen LogP contribution >= 0.6 is 0 Å². The second-order valence-corrected chi connectivity index (χ2v) is 10.1. The summed E-state index contributed by atoms with van der Waals surface area (Å²) in [6.07, 6.45) is 4.93. The molecule has 1 saturated carbocycles. The Bertz CT molecular complexity index is 1290. The molecule has 3 aromatic rings. The molecule has 0 spiro atoms. The number of rotatable bonds is 11. The number of nitrogens with zero attached hydrogens (tertiary/aromatic N) is 3. The highest BCUT2D eigenvalue weighted by atomic mass is 19.1. The molecule has 1 fully saturated rings. The van der Waals surface area contributed by atoms with E-state index < -0.39 is 23.8 Å². The normalized spacial score (nSPS) is 19.4. The highest BCUT2D eigenvalue weighted by Gasteiger charge is 2.44. The quantitative estimate of drug-likeness (QED) is 0.358. The zero-order valence-corrected chi connectivity index (χ0v) is 21.1. The van der Waals surface area contributed by atoms with Crippen LogP contribution in [0.4, 0.5) is 8.78 Å². The van der Waals surface area contributed by atoms with Crippen molar-refractivity contribution in [3.8, 4) is 5.69 Å². The van der Waals surface area contributed by atoms with Crippen molar-refractivity contribution >= 4 is 11.6 Å². The van der Waals surface area contributed by atoms with Crippen LogP contribution in [0.15, 0.2) is 66.1 Å². The molecule has 2 heterocycles. The van der Waals surface area contributed by atoms with E-state index in [9.17, 15) is 18.7 Å². The molecular weight excluding hydrogens is 492 g/mol. The number of amides is 1. The average molecular weight is 524 g/mol. The Morgan fingerprint density at radius 3 is 2.66 bits per heavy atom. The molecule has 1 amide bonds. The molecule has 1 aliphatic carbocycles. The van der Waals surface area contributed by atoms with Crippen molar-refractivity contribution in [1.82, 2.24) is 20.4 Å². The third-order valence-corrected chi connectivity index (χ3v) is 7.01. The van der Waals surface area contributed by atoms with Gasteiger partial charge in [0.05, 0.1) is 30.0 Å². The first-order valence-electron chi connectivity index (χ1n) is 12.8. The van der Waals surface area contributed by atoms with Gasteiger partial charge in [0, 0.05) is 37.0 Å². The van der Waals surface area contributed by atoms with Crippen LogP contribution in [0.1, 0.15) is 43.7 Å². The summed E-state index contributed by atoms with van der Waals surface area (Å²) >= 11 is 0. The molecule has 200 valence electrons. The van der Waals surface area contributed by atoms with E-state index in [0.29, 0.717) is 17.7 Å². The maximum absolute atomic E-state index is 13.8. The predicted octanol–water partition coefficient (Wildman–Crippen LogP) is 3.37. The fourth-order valence-electron chi connectivity index (χ4n) is 4.89. The predicted molar refractivity (Wildman–Crippen MR) is 138 cm³/mol. The Hall–Kier alpha value is -3.63. The van der Waals surface area contributed by atoms with Crippen LogP contribution in [-0.2, 0) is 21.6 Å². The first kappa shape index (κ1) is 26.0. The molecule has 8 nitrogen and oxygen atoms in total. The summed E-state index contributed by atoms with van der Waals surface area (Å²) in [4.78, 5) is 18.0. The number of oxime groups is 1. The van der Waals surface area contributed by atoms with Gasteiger partial charge in [-0.25, -0.2) is 13.5 Å². The molecule has 0 saturated heterocycles. The Morgan fingerprint density at radius 1 is 1.21 bits per heavy atom. The van der Waals surface area contributed by atoms with Crippen molar-refractivity contribution in [1.29, 1.82) is 0 Å². The van der Waals surface area contributed by atoms with Gasteiger partial charge in [0.1, 0.15) is 17.7 Å². The smallest absolute Gasteiger partial charge is 0.226 e. The van der Waals surface area contributed by atoms with Crippen LogP contribution in [0.3, 0.4) is 0 Å². The van der Waals surface area contributed by atoms with Crippen molar-refractivity contribution in [2.24, 2.45) is 5.16 Å². The van der Waals surface area contributed by atoms with Gasteiger partial charge in [-0.15, -0.1) is 0 Å². The van der Waals surface area contributed by atoms with Crippen LogP contribution in [0.2, 0.25) is 0 Å². The van der Waals surface area contributed by atoms with Crippen molar-refractivity contribution in [3.63, 3.8) is 0 Å². The third-order valence-electron chi connectivity index (χ3n) is 7.01. The molecule has 3 N–H and O–H groups in total. The average Bonchev–Trinajstić information content (AvgIpc) is 3.25. The third kappa shape index (κ3) is 6.25. The number of aliphatic hydroxyl groups excluding tert-OH is 1. The summed E-state index contributed by atoms with van der Waals surface area (Å²) in [5, 5.41) is 25.7. The van der Waals surface area contributed by atoms with Crippen molar-refractivity contribution in [2.45, 2.75) is 62.8 Å². The van der Waals surface area contributed by atoms with E-state index in [1.54, 1.807) is 10.9 Å². The zero-order valence-electron chi connectivity index (χ0n) is 21.1. The van der Waals surface area contributed by atoms with Crippen molar-refractivity contribution in [3.05, 3.63) is 83.7 Å². The number of aliphatic hydroxyl groups is 1. The van der Waals surface area contributed by atoms with E-state index in [0.717, 1.165) is 30.2 Å². The zero-order chi connectivity index (χ0) is 26.7. The van der Waals surface area contributed by atoms with E-state index in [4.69, 9.17) is 4.84 Å². The molecule has 2 aromatic carbocycles. The molecule has 2 aliphatic rings. The number of carbonyl (C=O) groups excluding carboxylic acids is 1. The maximum atomic E-state index is 13.8. The Labute approximate surface area is 219 Å². The number of hydrogen-bond donors (Lipinski definition) is 3. The molecule has 1 aromatic heterocycles. The second kappa shape index (κ2) is 11.0. The largest absolute Gasteiger partial charge is 0.392 e. The lowest BCUT2D eigenvalue weighted by Gasteiger charge is -2.27. The van der Waals surface area contributed by atoms with Crippen molar-refractivity contribution < 1.29 is 23.5 Å².